The molecule has 0 spiro atoms. The summed E-state index contributed by atoms with van der Waals surface area (Å²) in [6, 6.07) is 4.98. The number of anilines is 1. The van der Waals surface area contributed by atoms with E-state index in [9.17, 15) is 13.2 Å². The van der Waals surface area contributed by atoms with Gasteiger partial charge in [0.15, 0.2) is 11.6 Å². The van der Waals surface area contributed by atoms with Crippen LogP contribution in [0.5, 0.6) is 5.75 Å². The number of nitrogens with zero attached hydrogens (tertiary/aromatic N) is 1. The molecule has 0 bridgehead atoms. The molecule has 3 nitrogen and oxygen atoms in total. The predicted octanol–water partition coefficient (Wildman–Crippen LogP) is 3.93. The highest BCUT2D eigenvalue weighted by atomic mass is 19.3. The van der Waals surface area contributed by atoms with Crippen molar-refractivity contribution in [2.75, 3.05) is 11.4 Å². The molecule has 128 valence electrons. The molecule has 3 rings (SSSR count). The lowest BCUT2D eigenvalue weighted by Crippen LogP contribution is -2.67. The number of hydrogen-bond donors (Lipinski definition) is 1. The van der Waals surface area contributed by atoms with Gasteiger partial charge in [-0.3, -0.25) is 0 Å². The first-order chi connectivity index (χ1) is 10.9. The van der Waals surface area contributed by atoms with Gasteiger partial charge in [-0.15, -0.1) is 0 Å². The number of alkyl halides is 2. The summed E-state index contributed by atoms with van der Waals surface area (Å²) in [5.74, 6) is -1.15. The lowest BCUT2D eigenvalue weighted by Gasteiger charge is -2.52. The molecule has 2 atom stereocenters. The van der Waals surface area contributed by atoms with Crippen molar-refractivity contribution in [1.82, 2.24) is 5.32 Å². The van der Waals surface area contributed by atoms with E-state index in [0.717, 1.165) is 31.5 Å². The Morgan fingerprint density at radius 2 is 2.00 bits per heavy atom. The van der Waals surface area contributed by atoms with Gasteiger partial charge in [0.1, 0.15) is 0 Å². The Bertz CT molecular complexity index is 565. The van der Waals surface area contributed by atoms with Crippen LogP contribution in [0.2, 0.25) is 0 Å². The Morgan fingerprint density at radius 3 is 2.70 bits per heavy atom. The molecule has 1 aliphatic carbocycles. The van der Waals surface area contributed by atoms with Crippen molar-refractivity contribution in [1.29, 1.82) is 0 Å². The number of rotatable bonds is 3. The Hall–Kier alpha value is -1.43. The van der Waals surface area contributed by atoms with Gasteiger partial charge in [-0.05, 0) is 38.8 Å². The highest BCUT2D eigenvalue weighted by Gasteiger charge is 2.40. The van der Waals surface area contributed by atoms with Crippen molar-refractivity contribution in [3.8, 4) is 5.75 Å². The third-order valence-electron chi connectivity index (χ3n) is 4.73. The van der Waals surface area contributed by atoms with E-state index in [4.69, 9.17) is 0 Å². The standard InChI is InChI=1S/C17H23F3N2O/c1-17(2)10-22(14-6-4-3-5-13(14)21-17)11-7-8-15(12(18)9-11)23-16(19)20/h7-9,13-14,16,21H,3-6,10H2,1-2H3/t13-,14-/m1/s1. The normalized spacial score (nSPS) is 27.0. The van der Waals surface area contributed by atoms with Gasteiger partial charge >= 0.3 is 6.61 Å². The second kappa shape index (κ2) is 6.23. The number of halogens is 3. The topological polar surface area (TPSA) is 24.5 Å². The highest BCUT2D eigenvalue weighted by Crippen LogP contribution is 2.35. The first-order valence-electron chi connectivity index (χ1n) is 8.14. The maximum Gasteiger partial charge on any atom is 0.387 e. The van der Waals surface area contributed by atoms with Gasteiger partial charge in [-0.25, -0.2) is 4.39 Å². The molecule has 6 heteroatoms. The number of benzene rings is 1. The van der Waals surface area contributed by atoms with E-state index >= 15 is 0 Å². The Kier molecular flexibility index (Phi) is 4.45. The molecule has 1 aliphatic heterocycles. The Morgan fingerprint density at radius 1 is 1.26 bits per heavy atom. The van der Waals surface area contributed by atoms with E-state index in [1.165, 1.54) is 18.6 Å². The minimum absolute atomic E-state index is 0.0763. The zero-order valence-electron chi connectivity index (χ0n) is 13.5. The minimum Gasteiger partial charge on any atom is -0.432 e. The Balaban J connectivity index is 1.87. The van der Waals surface area contributed by atoms with E-state index in [1.807, 2.05) is 0 Å². The van der Waals surface area contributed by atoms with Crippen molar-refractivity contribution in [2.24, 2.45) is 0 Å². The monoisotopic (exact) mass is 328 g/mol. The number of piperazine rings is 1. The number of ether oxygens (including phenoxy) is 1. The zero-order chi connectivity index (χ0) is 16.6. The van der Waals surface area contributed by atoms with Crippen LogP contribution in [0, 0.1) is 5.82 Å². The first-order valence-corrected chi connectivity index (χ1v) is 8.14. The van der Waals surface area contributed by atoms with E-state index in [2.05, 4.69) is 28.8 Å². The van der Waals surface area contributed by atoms with Crippen LogP contribution >= 0.6 is 0 Å². The largest absolute Gasteiger partial charge is 0.432 e. The maximum absolute atomic E-state index is 14.1. The third-order valence-corrected chi connectivity index (χ3v) is 4.73. The van der Waals surface area contributed by atoms with E-state index in [-0.39, 0.29) is 5.54 Å². The lowest BCUT2D eigenvalue weighted by molar-refractivity contribution is -0.0521. The molecule has 1 aromatic rings. The van der Waals surface area contributed by atoms with Gasteiger partial charge in [0.05, 0.1) is 0 Å². The van der Waals surface area contributed by atoms with Crippen LogP contribution < -0.4 is 15.0 Å². The average Bonchev–Trinajstić information content (AvgIpc) is 2.47. The van der Waals surface area contributed by atoms with Crippen LogP contribution in [-0.2, 0) is 0 Å². The van der Waals surface area contributed by atoms with Crippen LogP contribution in [0.1, 0.15) is 39.5 Å². The summed E-state index contributed by atoms with van der Waals surface area (Å²) in [6.45, 7) is 2.00. The molecule has 0 amide bonds. The van der Waals surface area contributed by atoms with E-state index in [0.29, 0.717) is 12.1 Å². The summed E-state index contributed by atoms with van der Waals surface area (Å²) in [5, 5.41) is 3.69. The fourth-order valence-corrected chi connectivity index (χ4v) is 3.89. The smallest absolute Gasteiger partial charge is 0.387 e. The molecule has 1 N–H and O–H groups in total. The zero-order valence-corrected chi connectivity index (χ0v) is 13.5. The summed E-state index contributed by atoms with van der Waals surface area (Å²) in [4.78, 5) is 2.22. The minimum atomic E-state index is -3.02. The van der Waals surface area contributed by atoms with Crippen molar-refractivity contribution >= 4 is 5.69 Å². The van der Waals surface area contributed by atoms with Crippen molar-refractivity contribution in [3.63, 3.8) is 0 Å². The van der Waals surface area contributed by atoms with E-state index < -0.39 is 18.2 Å². The van der Waals surface area contributed by atoms with Crippen LogP contribution in [0.15, 0.2) is 18.2 Å². The van der Waals surface area contributed by atoms with Crippen LogP contribution in [0.3, 0.4) is 0 Å². The number of hydrogen-bond acceptors (Lipinski definition) is 3. The predicted molar refractivity (Wildman–Crippen MR) is 83.6 cm³/mol. The molecular formula is C17H23F3N2O. The summed E-state index contributed by atoms with van der Waals surface area (Å²) in [6.07, 6.45) is 4.53. The highest BCUT2D eigenvalue weighted by molar-refractivity contribution is 5.52. The summed E-state index contributed by atoms with van der Waals surface area (Å²) in [5.41, 5.74) is 0.656. The van der Waals surface area contributed by atoms with Gasteiger partial charge in [0, 0.05) is 35.9 Å². The lowest BCUT2D eigenvalue weighted by atomic mass is 9.83. The molecule has 1 aromatic carbocycles. The molecule has 1 heterocycles. The van der Waals surface area contributed by atoms with Gasteiger partial charge in [0.25, 0.3) is 0 Å². The molecule has 23 heavy (non-hydrogen) atoms. The molecule has 1 saturated heterocycles. The van der Waals surface area contributed by atoms with Crippen LogP contribution in [0.25, 0.3) is 0 Å². The van der Waals surface area contributed by atoms with Gasteiger partial charge in [0.2, 0.25) is 0 Å². The second-order valence-electron chi connectivity index (χ2n) is 7.11. The van der Waals surface area contributed by atoms with Gasteiger partial charge in [-0.1, -0.05) is 12.8 Å². The maximum atomic E-state index is 14.1. The van der Waals surface area contributed by atoms with E-state index in [1.54, 1.807) is 6.07 Å². The molecule has 1 saturated carbocycles. The van der Waals surface area contributed by atoms with Crippen LogP contribution in [-0.4, -0.2) is 30.8 Å². The number of fused-ring (bicyclic) bond motifs is 1. The molecule has 2 aliphatic rings. The summed E-state index contributed by atoms with van der Waals surface area (Å²) in [7, 11) is 0. The van der Waals surface area contributed by atoms with Crippen molar-refractivity contribution in [3.05, 3.63) is 24.0 Å². The number of nitrogens with one attached hydrogen (secondary N) is 1. The molecule has 2 fully saturated rings. The molecule has 0 unspecified atom stereocenters. The fraction of sp³-hybridized carbons (Fsp3) is 0.647. The van der Waals surface area contributed by atoms with Crippen LogP contribution in [0.4, 0.5) is 18.9 Å². The SMILES string of the molecule is CC1(C)CN(c2ccc(OC(F)F)c(F)c2)[C@@H]2CCCC[C@H]2N1. The fourth-order valence-electron chi connectivity index (χ4n) is 3.89. The quantitative estimate of drug-likeness (QED) is 0.910. The molecule has 0 radical (unpaired) electrons. The van der Waals surface area contributed by atoms with Gasteiger partial charge in [-0.2, -0.15) is 8.78 Å². The summed E-state index contributed by atoms with van der Waals surface area (Å²) < 4.78 is 42.8. The third kappa shape index (κ3) is 3.57. The van der Waals surface area contributed by atoms with Crippen molar-refractivity contribution < 1.29 is 17.9 Å². The summed E-state index contributed by atoms with van der Waals surface area (Å²) >= 11 is 0. The molecular weight excluding hydrogens is 305 g/mol. The second-order valence-corrected chi connectivity index (χ2v) is 7.11. The molecule has 0 aromatic heterocycles. The first kappa shape index (κ1) is 16.4. The van der Waals surface area contributed by atoms with Crippen molar-refractivity contribution in [2.45, 2.75) is 63.8 Å². The Labute approximate surface area is 134 Å². The van der Waals surface area contributed by atoms with Gasteiger partial charge < -0.3 is 15.0 Å². The average molecular weight is 328 g/mol.